The largest absolute Gasteiger partial charge is 1.00 e. The molecule has 12 heavy (non-hydrogen) atoms. The maximum absolute atomic E-state index is 10.5. The maximum Gasteiger partial charge on any atom is 1.00 e. The number of aryl methyl sites for hydroxylation is 1. The van der Waals surface area contributed by atoms with Gasteiger partial charge in [0, 0.05) is 9.92 Å². The predicted molar refractivity (Wildman–Crippen MR) is 43.4 cm³/mol. The van der Waals surface area contributed by atoms with Gasteiger partial charge in [0.25, 0.3) is 0 Å². The molecule has 1 atom stereocenters. The standard InChI is InChI=1S/C7H7ClO2S.Na/c1-5-4-6(8)2-3-7(5)11(9)10;/h2-4H,1H3,(H,9,10);/q;+1/p-1. The van der Waals surface area contributed by atoms with Gasteiger partial charge in [-0.1, -0.05) is 11.6 Å². The Kier molecular flexibility index (Phi) is 5.65. The van der Waals surface area contributed by atoms with Crippen molar-refractivity contribution in [3.8, 4) is 0 Å². The smallest absolute Gasteiger partial charge is 0.768 e. The van der Waals surface area contributed by atoms with Crippen LogP contribution < -0.4 is 29.6 Å². The topological polar surface area (TPSA) is 40.1 Å². The van der Waals surface area contributed by atoms with Crippen LogP contribution in [0.25, 0.3) is 0 Å². The van der Waals surface area contributed by atoms with Crippen molar-refractivity contribution >= 4 is 22.7 Å². The fraction of sp³-hybridized carbons (Fsp3) is 0.143. The van der Waals surface area contributed by atoms with Crippen molar-refractivity contribution in [3.05, 3.63) is 28.8 Å². The summed E-state index contributed by atoms with van der Waals surface area (Å²) in [5.41, 5.74) is 0.672. The zero-order chi connectivity index (χ0) is 8.43. The molecule has 1 unspecified atom stereocenters. The van der Waals surface area contributed by atoms with Crippen LogP contribution in [0.3, 0.4) is 0 Å². The second kappa shape index (κ2) is 5.37. The van der Waals surface area contributed by atoms with E-state index in [1.165, 1.54) is 6.07 Å². The van der Waals surface area contributed by atoms with Crippen LogP contribution in [-0.4, -0.2) is 8.76 Å². The third-order valence-corrected chi connectivity index (χ3v) is 2.37. The monoisotopic (exact) mass is 212 g/mol. The Morgan fingerprint density at radius 2 is 2.08 bits per heavy atom. The fourth-order valence-corrected chi connectivity index (χ4v) is 1.53. The van der Waals surface area contributed by atoms with Gasteiger partial charge in [-0.25, -0.2) is 0 Å². The predicted octanol–water partition coefficient (Wildman–Crippen LogP) is -1.11. The molecule has 0 amide bonds. The summed E-state index contributed by atoms with van der Waals surface area (Å²) in [6.45, 7) is 1.71. The second-order valence-electron chi connectivity index (χ2n) is 2.14. The van der Waals surface area contributed by atoms with Gasteiger partial charge in [0.05, 0.1) is 0 Å². The van der Waals surface area contributed by atoms with Crippen LogP contribution in [0.2, 0.25) is 5.02 Å². The van der Waals surface area contributed by atoms with Crippen LogP contribution in [0.5, 0.6) is 0 Å². The Balaban J connectivity index is 0.00000121. The van der Waals surface area contributed by atoms with Crippen LogP contribution in [0, 0.1) is 6.92 Å². The van der Waals surface area contributed by atoms with Crippen LogP contribution in [0.15, 0.2) is 23.1 Å². The third kappa shape index (κ3) is 3.17. The van der Waals surface area contributed by atoms with E-state index in [0.717, 1.165) is 0 Å². The van der Waals surface area contributed by atoms with Crippen LogP contribution in [0.4, 0.5) is 0 Å². The maximum atomic E-state index is 10.5. The number of hydrogen-bond donors (Lipinski definition) is 0. The molecular weight excluding hydrogens is 207 g/mol. The van der Waals surface area contributed by atoms with Crippen molar-refractivity contribution in [1.82, 2.24) is 0 Å². The van der Waals surface area contributed by atoms with Gasteiger partial charge >= 0.3 is 29.6 Å². The second-order valence-corrected chi connectivity index (χ2v) is 3.49. The molecule has 0 bridgehead atoms. The summed E-state index contributed by atoms with van der Waals surface area (Å²) in [5, 5.41) is 0.553. The molecule has 0 aliphatic carbocycles. The molecule has 0 saturated carbocycles. The van der Waals surface area contributed by atoms with Gasteiger partial charge in [-0.3, -0.25) is 4.21 Å². The molecule has 60 valence electrons. The molecule has 0 heterocycles. The van der Waals surface area contributed by atoms with Crippen molar-refractivity contribution in [1.29, 1.82) is 0 Å². The van der Waals surface area contributed by atoms with E-state index >= 15 is 0 Å². The molecule has 0 saturated heterocycles. The van der Waals surface area contributed by atoms with E-state index in [1.807, 2.05) is 0 Å². The first-order valence-electron chi connectivity index (χ1n) is 2.96. The van der Waals surface area contributed by atoms with Gasteiger partial charge in [-0.15, -0.1) is 0 Å². The molecule has 0 N–H and O–H groups in total. The Labute approximate surface area is 101 Å². The summed E-state index contributed by atoms with van der Waals surface area (Å²) in [6.07, 6.45) is 0. The minimum absolute atomic E-state index is 0. The molecule has 0 fully saturated rings. The van der Waals surface area contributed by atoms with E-state index in [0.29, 0.717) is 15.5 Å². The van der Waals surface area contributed by atoms with Gasteiger partial charge in [0.1, 0.15) is 0 Å². The Bertz CT molecular complexity index is 303. The molecule has 0 aliphatic rings. The summed E-state index contributed by atoms with van der Waals surface area (Å²) in [4.78, 5) is 0.300. The Hall–Kier alpha value is 0.620. The quantitative estimate of drug-likeness (QED) is 0.438. The van der Waals surface area contributed by atoms with E-state index in [2.05, 4.69) is 0 Å². The molecule has 1 rings (SSSR count). The molecule has 0 spiro atoms. The van der Waals surface area contributed by atoms with Gasteiger partial charge in [-0.2, -0.15) is 0 Å². The zero-order valence-electron chi connectivity index (χ0n) is 6.83. The van der Waals surface area contributed by atoms with Crippen molar-refractivity contribution in [2.75, 3.05) is 0 Å². The summed E-state index contributed by atoms with van der Waals surface area (Å²) in [7, 11) is 0. The van der Waals surface area contributed by atoms with Crippen molar-refractivity contribution in [3.63, 3.8) is 0 Å². The molecule has 2 nitrogen and oxygen atoms in total. The molecule has 5 heteroatoms. The van der Waals surface area contributed by atoms with E-state index in [1.54, 1.807) is 19.1 Å². The number of rotatable bonds is 1. The molecule has 1 aromatic carbocycles. The molecule has 1 aromatic rings. The van der Waals surface area contributed by atoms with E-state index in [4.69, 9.17) is 11.6 Å². The summed E-state index contributed by atoms with van der Waals surface area (Å²) >= 11 is 3.46. The van der Waals surface area contributed by atoms with E-state index in [9.17, 15) is 8.76 Å². The molecule has 0 aromatic heterocycles. The first-order chi connectivity index (χ1) is 5.11. The van der Waals surface area contributed by atoms with Crippen LogP contribution >= 0.6 is 11.6 Å². The van der Waals surface area contributed by atoms with Crippen LogP contribution in [-0.2, 0) is 11.1 Å². The first-order valence-corrected chi connectivity index (χ1v) is 4.42. The average Bonchev–Trinajstić information content (AvgIpc) is 1.85. The third-order valence-electron chi connectivity index (χ3n) is 1.32. The van der Waals surface area contributed by atoms with Gasteiger partial charge in [0.15, 0.2) is 0 Å². The SMILES string of the molecule is Cc1cc(Cl)ccc1S(=O)[O-].[Na+]. The van der Waals surface area contributed by atoms with Gasteiger partial charge in [-0.05, 0) is 41.8 Å². The summed E-state index contributed by atoms with van der Waals surface area (Å²) < 4.78 is 21.0. The molecule has 0 aliphatic heterocycles. The summed E-state index contributed by atoms with van der Waals surface area (Å²) in [6, 6.07) is 4.66. The number of benzene rings is 1. The van der Waals surface area contributed by atoms with Gasteiger partial charge in [0.2, 0.25) is 0 Å². The zero-order valence-corrected chi connectivity index (χ0v) is 10.4. The minimum atomic E-state index is -2.16. The van der Waals surface area contributed by atoms with E-state index < -0.39 is 11.1 Å². The van der Waals surface area contributed by atoms with Crippen LogP contribution in [0.1, 0.15) is 5.56 Å². The Morgan fingerprint density at radius 1 is 1.50 bits per heavy atom. The van der Waals surface area contributed by atoms with Gasteiger partial charge < -0.3 is 4.55 Å². The Morgan fingerprint density at radius 3 is 2.50 bits per heavy atom. The van der Waals surface area contributed by atoms with Crippen molar-refractivity contribution in [2.45, 2.75) is 11.8 Å². The summed E-state index contributed by atoms with van der Waals surface area (Å²) in [5.74, 6) is 0. The number of halogens is 1. The fourth-order valence-electron chi connectivity index (χ4n) is 0.800. The van der Waals surface area contributed by atoms with Crippen molar-refractivity contribution in [2.24, 2.45) is 0 Å². The molecule has 0 radical (unpaired) electrons. The average molecular weight is 213 g/mol. The normalized spacial score (nSPS) is 11.9. The number of hydrogen-bond acceptors (Lipinski definition) is 2. The molecular formula is C7H6ClNaO2S. The van der Waals surface area contributed by atoms with Crippen molar-refractivity contribution < 1.29 is 38.3 Å². The minimum Gasteiger partial charge on any atom is -0.768 e. The first kappa shape index (κ1) is 12.6. The van der Waals surface area contributed by atoms with E-state index in [-0.39, 0.29) is 29.6 Å².